The Morgan fingerprint density at radius 2 is 1.88 bits per heavy atom. The standard InChI is InChI=1S/C14H14N2/c1-16(2)13-7-8-14(12(9-13)10-15)11-5-3-4-6-11/h3-9,11H,1-2H3. The van der Waals surface area contributed by atoms with Crippen molar-refractivity contribution in [2.24, 2.45) is 0 Å². The Kier molecular flexibility index (Phi) is 2.78. The van der Waals surface area contributed by atoms with Gasteiger partial charge in [0.05, 0.1) is 11.6 Å². The molecule has 0 unspecified atom stereocenters. The van der Waals surface area contributed by atoms with Crippen LogP contribution in [0.3, 0.4) is 0 Å². The maximum Gasteiger partial charge on any atom is 0.0995 e. The SMILES string of the molecule is CN(C)c1ccc(C2C=CC=C2)c(C#N)c1. The van der Waals surface area contributed by atoms with Gasteiger partial charge in [-0.2, -0.15) is 5.26 Å². The van der Waals surface area contributed by atoms with E-state index in [0.717, 1.165) is 16.8 Å². The molecule has 0 bridgehead atoms. The van der Waals surface area contributed by atoms with Crippen LogP contribution in [0.4, 0.5) is 5.69 Å². The van der Waals surface area contributed by atoms with Gasteiger partial charge in [0.15, 0.2) is 0 Å². The van der Waals surface area contributed by atoms with Crippen LogP contribution in [0.5, 0.6) is 0 Å². The van der Waals surface area contributed by atoms with Crippen LogP contribution >= 0.6 is 0 Å². The summed E-state index contributed by atoms with van der Waals surface area (Å²) in [6.07, 6.45) is 8.24. The molecule has 0 aromatic heterocycles. The fraction of sp³-hybridized carbons (Fsp3) is 0.214. The summed E-state index contributed by atoms with van der Waals surface area (Å²) in [6, 6.07) is 8.31. The fourth-order valence-electron chi connectivity index (χ4n) is 1.85. The van der Waals surface area contributed by atoms with Crippen molar-refractivity contribution in [3.05, 3.63) is 53.6 Å². The van der Waals surface area contributed by atoms with Gasteiger partial charge in [0, 0.05) is 25.7 Å². The van der Waals surface area contributed by atoms with E-state index in [9.17, 15) is 0 Å². The molecule has 1 aliphatic rings. The molecule has 16 heavy (non-hydrogen) atoms. The normalized spacial score (nSPS) is 14.1. The van der Waals surface area contributed by atoms with Gasteiger partial charge in [-0.1, -0.05) is 30.4 Å². The second-order valence-electron chi connectivity index (χ2n) is 4.07. The van der Waals surface area contributed by atoms with Crippen molar-refractivity contribution >= 4 is 5.69 Å². The van der Waals surface area contributed by atoms with Gasteiger partial charge in [-0.3, -0.25) is 0 Å². The minimum absolute atomic E-state index is 0.255. The third-order valence-corrected chi connectivity index (χ3v) is 2.78. The molecular formula is C14H14N2. The van der Waals surface area contributed by atoms with E-state index in [1.807, 2.05) is 43.3 Å². The van der Waals surface area contributed by atoms with E-state index in [0.29, 0.717) is 0 Å². The molecule has 0 spiro atoms. The van der Waals surface area contributed by atoms with Crippen molar-refractivity contribution in [3.63, 3.8) is 0 Å². The van der Waals surface area contributed by atoms with Crippen LogP contribution in [0.1, 0.15) is 17.0 Å². The lowest BCUT2D eigenvalue weighted by molar-refractivity contribution is 1.08. The molecule has 1 aliphatic carbocycles. The zero-order valence-electron chi connectivity index (χ0n) is 9.51. The molecular weight excluding hydrogens is 196 g/mol. The van der Waals surface area contributed by atoms with E-state index in [1.54, 1.807) is 0 Å². The summed E-state index contributed by atoms with van der Waals surface area (Å²) in [5.41, 5.74) is 2.90. The van der Waals surface area contributed by atoms with Crippen LogP contribution < -0.4 is 4.90 Å². The molecule has 2 nitrogen and oxygen atoms in total. The average molecular weight is 210 g/mol. The maximum atomic E-state index is 9.17. The lowest BCUT2D eigenvalue weighted by atomic mass is 9.95. The van der Waals surface area contributed by atoms with Crippen molar-refractivity contribution in [3.8, 4) is 6.07 Å². The number of anilines is 1. The van der Waals surface area contributed by atoms with Gasteiger partial charge in [0.1, 0.15) is 0 Å². The van der Waals surface area contributed by atoms with Gasteiger partial charge < -0.3 is 4.90 Å². The van der Waals surface area contributed by atoms with Crippen LogP contribution in [0.25, 0.3) is 0 Å². The Morgan fingerprint density at radius 3 is 2.44 bits per heavy atom. The Balaban J connectivity index is 2.44. The van der Waals surface area contributed by atoms with E-state index < -0.39 is 0 Å². The van der Waals surface area contributed by atoms with Crippen LogP contribution in [-0.4, -0.2) is 14.1 Å². The summed E-state index contributed by atoms with van der Waals surface area (Å²) in [6.45, 7) is 0. The second kappa shape index (κ2) is 4.24. The van der Waals surface area contributed by atoms with Gasteiger partial charge in [-0.15, -0.1) is 0 Å². The quantitative estimate of drug-likeness (QED) is 0.750. The predicted octanol–water partition coefficient (Wildman–Crippen LogP) is 2.83. The third-order valence-electron chi connectivity index (χ3n) is 2.78. The smallest absolute Gasteiger partial charge is 0.0995 e. The van der Waals surface area contributed by atoms with E-state index >= 15 is 0 Å². The number of hydrogen-bond donors (Lipinski definition) is 0. The number of rotatable bonds is 2. The first kappa shape index (κ1) is 10.5. The molecule has 0 heterocycles. The first-order chi connectivity index (χ1) is 7.72. The molecule has 0 N–H and O–H groups in total. The molecule has 0 amide bonds. The molecule has 0 radical (unpaired) electrons. The average Bonchev–Trinajstić information content (AvgIpc) is 2.81. The van der Waals surface area contributed by atoms with Crippen molar-refractivity contribution in [2.75, 3.05) is 19.0 Å². The monoisotopic (exact) mass is 210 g/mol. The summed E-state index contributed by atoms with van der Waals surface area (Å²) in [5.74, 6) is 0.255. The maximum absolute atomic E-state index is 9.17. The second-order valence-corrected chi connectivity index (χ2v) is 4.07. The van der Waals surface area contributed by atoms with Gasteiger partial charge >= 0.3 is 0 Å². The Morgan fingerprint density at radius 1 is 1.19 bits per heavy atom. The van der Waals surface area contributed by atoms with Gasteiger partial charge in [0.25, 0.3) is 0 Å². The van der Waals surface area contributed by atoms with Gasteiger partial charge in [0.2, 0.25) is 0 Å². The highest BCUT2D eigenvalue weighted by Gasteiger charge is 2.12. The molecule has 0 atom stereocenters. The summed E-state index contributed by atoms with van der Waals surface area (Å²) < 4.78 is 0. The molecule has 80 valence electrons. The number of allylic oxidation sites excluding steroid dienone is 4. The molecule has 0 saturated heterocycles. The number of nitriles is 1. The molecule has 1 aromatic rings. The topological polar surface area (TPSA) is 27.0 Å². The van der Waals surface area contributed by atoms with Crippen LogP contribution in [-0.2, 0) is 0 Å². The first-order valence-corrected chi connectivity index (χ1v) is 5.29. The van der Waals surface area contributed by atoms with Gasteiger partial charge in [-0.05, 0) is 17.7 Å². The largest absolute Gasteiger partial charge is 0.378 e. The molecule has 0 aliphatic heterocycles. The Hall–Kier alpha value is -2.01. The molecule has 1 aromatic carbocycles. The Labute approximate surface area is 96.1 Å². The zero-order valence-corrected chi connectivity index (χ0v) is 9.51. The zero-order chi connectivity index (χ0) is 11.5. The molecule has 2 heteroatoms. The van der Waals surface area contributed by atoms with Crippen LogP contribution in [0, 0.1) is 11.3 Å². The van der Waals surface area contributed by atoms with Crippen molar-refractivity contribution in [1.82, 2.24) is 0 Å². The van der Waals surface area contributed by atoms with Crippen LogP contribution in [0.15, 0.2) is 42.5 Å². The first-order valence-electron chi connectivity index (χ1n) is 5.29. The molecule has 0 saturated carbocycles. The van der Waals surface area contributed by atoms with E-state index in [1.165, 1.54) is 0 Å². The molecule has 0 fully saturated rings. The number of hydrogen-bond acceptors (Lipinski definition) is 2. The summed E-state index contributed by atoms with van der Waals surface area (Å²) in [7, 11) is 3.96. The summed E-state index contributed by atoms with van der Waals surface area (Å²) in [4.78, 5) is 2.00. The number of nitrogens with zero attached hydrogens (tertiary/aromatic N) is 2. The third kappa shape index (κ3) is 1.85. The van der Waals surface area contributed by atoms with Gasteiger partial charge in [-0.25, -0.2) is 0 Å². The van der Waals surface area contributed by atoms with E-state index in [4.69, 9.17) is 5.26 Å². The van der Waals surface area contributed by atoms with Crippen molar-refractivity contribution < 1.29 is 0 Å². The summed E-state index contributed by atoms with van der Waals surface area (Å²) >= 11 is 0. The van der Waals surface area contributed by atoms with Crippen molar-refractivity contribution in [1.29, 1.82) is 5.26 Å². The predicted molar refractivity (Wildman–Crippen MR) is 66.5 cm³/mol. The minimum Gasteiger partial charge on any atom is -0.378 e. The summed E-state index contributed by atoms with van der Waals surface area (Å²) in [5, 5.41) is 9.17. The number of benzene rings is 1. The minimum atomic E-state index is 0.255. The fourth-order valence-corrected chi connectivity index (χ4v) is 1.85. The highest BCUT2D eigenvalue weighted by Crippen LogP contribution is 2.28. The van der Waals surface area contributed by atoms with Crippen molar-refractivity contribution in [2.45, 2.75) is 5.92 Å². The lowest BCUT2D eigenvalue weighted by Gasteiger charge is -2.15. The van der Waals surface area contributed by atoms with Crippen LogP contribution in [0.2, 0.25) is 0 Å². The lowest BCUT2D eigenvalue weighted by Crippen LogP contribution is -2.09. The Bertz CT molecular complexity index is 478. The highest BCUT2D eigenvalue weighted by atomic mass is 15.1. The highest BCUT2D eigenvalue weighted by molar-refractivity contribution is 5.56. The van der Waals surface area contributed by atoms with E-state index in [-0.39, 0.29) is 5.92 Å². The van der Waals surface area contributed by atoms with E-state index in [2.05, 4.69) is 24.3 Å². The molecule has 2 rings (SSSR count).